The third kappa shape index (κ3) is 4.45. The second-order valence-corrected chi connectivity index (χ2v) is 8.72. The van der Waals surface area contributed by atoms with Crippen molar-refractivity contribution >= 4 is 29.1 Å². The normalized spacial score (nSPS) is 11.1. The molecule has 0 fully saturated rings. The summed E-state index contributed by atoms with van der Waals surface area (Å²) in [6.07, 6.45) is 0. The summed E-state index contributed by atoms with van der Waals surface area (Å²) in [5.74, 6) is 1.16. The van der Waals surface area contributed by atoms with E-state index in [4.69, 9.17) is 11.6 Å². The highest BCUT2D eigenvalue weighted by Gasteiger charge is 2.19. The number of rotatable bonds is 7. The minimum atomic E-state index is 0.0729. The number of para-hydroxylation sites is 1. The van der Waals surface area contributed by atoms with E-state index in [0.29, 0.717) is 17.5 Å². The zero-order chi connectivity index (χ0) is 22.0. The molecule has 0 aliphatic heterocycles. The van der Waals surface area contributed by atoms with Crippen molar-refractivity contribution in [3.63, 3.8) is 0 Å². The molecule has 0 atom stereocenters. The zero-order valence-corrected chi connectivity index (χ0v) is 19.2. The molecule has 0 spiro atoms. The summed E-state index contributed by atoms with van der Waals surface area (Å²) in [4.78, 5) is 13.1. The van der Waals surface area contributed by atoms with E-state index in [1.807, 2.05) is 86.0 Å². The molecule has 0 N–H and O–H groups in total. The Kier molecular flexibility index (Phi) is 6.30. The summed E-state index contributed by atoms with van der Waals surface area (Å²) in [6, 6.07) is 19.7. The average molecular weight is 451 g/mol. The molecular weight excluding hydrogens is 428 g/mol. The van der Waals surface area contributed by atoms with Gasteiger partial charge in [-0.25, -0.2) is 0 Å². The van der Waals surface area contributed by atoms with Gasteiger partial charge in [0, 0.05) is 34.2 Å². The van der Waals surface area contributed by atoms with Gasteiger partial charge in [-0.3, -0.25) is 9.36 Å². The molecule has 0 aliphatic carbocycles. The average Bonchev–Trinajstić information content (AvgIpc) is 3.28. The molecule has 2 aromatic carbocycles. The molecule has 5 nitrogen and oxygen atoms in total. The van der Waals surface area contributed by atoms with Crippen LogP contribution in [0.5, 0.6) is 0 Å². The van der Waals surface area contributed by atoms with E-state index >= 15 is 0 Å². The summed E-state index contributed by atoms with van der Waals surface area (Å²) in [5.41, 5.74) is 4.74. The standard InChI is InChI=1S/C24H23ClN4OS/c1-16-13-21(17(2)28(16)14-19-9-7-8-12-22(19)25)23(30)15-31-24-27-26-18(3)29(24)20-10-5-4-6-11-20/h4-13H,14-15H2,1-3H3. The van der Waals surface area contributed by atoms with Crippen LogP contribution in [-0.2, 0) is 6.54 Å². The number of hydrogen-bond acceptors (Lipinski definition) is 4. The Hall–Kier alpha value is -2.83. The van der Waals surface area contributed by atoms with Gasteiger partial charge >= 0.3 is 0 Å². The topological polar surface area (TPSA) is 52.7 Å². The Labute approximate surface area is 191 Å². The maximum absolute atomic E-state index is 13.1. The van der Waals surface area contributed by atoms with Crippen molar-refractivity contribution < 1.29 is 4.79 Å². The highest BCUT2D eigenvalue weighted by molar-refractivity contribution is 7.99. The van der Waals surface area contributed by atoms with Crippen LogP contribution >= 0.6 is 23.4 Å². The quantitative estimate of drug-likeness (QED) is 0.269. The summed E-state index contributed by atoms with van der Waals surface area (Å²) >= 11 is 7.74. The molecule has 4 rings (SSSR count). The van der Waals surface area contributed by atoms with Crippen molar-refractivity contribution in [2.75, 3.05) is 5.75 Å². The van der Waals surface area contributed by atoms with Crippen LogP contribution in [0.2, 0.25) is 5.02 Å². The van der Waals surface area contributed by atoms with Crippen LogP contribution < -0.4 is 0 Å². The predicted molar refractivity (Wildman–Crippen MR) is 126 cm³/mol. The third-order valence-corrected chi connectivity index (χ3v) is 6.60. The first-order valence-electron chi connectivity index (χ1n) is 9.99. The molecule has 0 amide bonds. The van der Waals surface area contributed by atoms with E-state index in [1.165, 1.54) is 11.8 Å². The lowest BCUT2D eigenvalue weighted by Crippen LogP contribution is -2.08. The van der Waals surface area contributed by atoms with Gasteiger partial charge in [-0.1, -0.05) is 59.8 Å². The summed E-state index contributed by atoms with van der Waals surface area (Å²) in [7, 11) is 0. The van der Waals surface area contributed by atoms with Crippen LogP contribution in [0.25, 0.3) is 5.69 Å². The van der Waals surface area contributed by atoms with Gasteiger partial charge in [0.1, 0.15) is 5.82 Å². The molecule has 2 aromatic heterocycles. The first-order chi connectivity index (χ1) is 15.0. The lowest BCUT2D eigenvalue weighted by molar-refractivity contribution is 0.102. The van der Waals surface area contributed by atoms with Gasteiger partial charge in [-0.2, -0.15) is 0 Å². The van der Waals surface area contributed by atoms with E-state index in [-0.39, 0.29) is 5.78 Å². The molecule has 0 saturated carbocycles. The number of carbonyl (C=O) groups is 1. The fourth-order valence-corrected chi connectivity index (χ4v) is 4.72. The Morgan fingerprint density at radius 2 is 1.71 bits per heavy atom. The van der Waals surface area contributed by atoms with E-state index in [1.54, 1.807) is 0 Å². The first kappa shape index (κ1) is 21.4. The van der Waals surface area contributed by atoms with E-state index in [2.05, 4.69) is 14.8 Å². The number of hydrogen-bond donors (Lipinski definition) is 0. The van der Waals surface area contributed by atoms with Crippen molar-refractivity contribution in [2.45, 2.75) is 32.5 Å². The van der Waals surface area contributed by atoms with Crippen molar-refractivity contribution in [3.8, 4) is 5.69 Å². The van der Waals surface area contributed by atoms with Gasteiger partial charge in [-0.15, -0.1) is 10.2 Å². The minimum absolute atomic E-state index is 0.0729. The molecule has 7 heteroatoms. The number of Topliss-reactive ketones (excluding diaryl/α,β-unsaturated/α-hetero) is 1. The molecule has 4 aromatic rings. The first-order valence-corrected chi connectivity index (χ1v) is 11.4. The van der Waals surface area contributed by atoms with Crippen LogP contribution in [0.1, 0.15) is 33.1 Å². The van der Waals surface area contributed by atoms with Gasteiger partial charge in [-0.05, 0) is 50.6 Å². The van der Waals surface area contributed by atoms with Crippen molar-refractivity contribution in [1.29, 1.82) is 0 Å². The van der Waals surface area contributed by atoms with E-state index < -0.39 is 0 Å². The smallest absolute Gasteiger partial charge is 0.196 e. The molecule has 0 unspecified atom stereocenters. The second kappa shape index (κ2) is 9.12. The molecule has 0 radical (unpaired) electrons. The number of nitrogens with zero attached hydrogens (tertiary/aromatic N) is 4. The van der Waals surface area contributed by atoms with Gasteiger partial charge < -0.3 is 4.57 Å². The van der Waals surface area contributed by atoms with Crippen molar-refractivity contribution in [1.82, 2.24) is 19.3 Å². The lowest BCUT2D eigenvalue weighted by atomic mass is 10.2. The van der Waals surface area contributed by atoms with Gasteiger partial charge in [0.25, 0.3) is 0 Å². The fraction of sp³-hybridized carbons (Fsp3) is 0.208. The van der Waals surface area contributed by atoms with Crippen LogP contribution in [0, 0.1) is 20.8 Å². The largest absolute Gasteiger partial charge is 0.344 e. The minimum Gasteiger partial charge on any atom is -0.344 e. The van der Waals surface area contributed by atoms with Crippen LogP contribution in [-0.4, -0.2) is 30.9 Å². The maximum atomic E-state index is 13.1. The predicted octanol–water partition coefficient (Wildman–Crippen LogP) is 5.67. The van der Waals surface area contributed by atoms with Crippen LogP contribution in [0.3, 0.4) is 0 Å². The zero-order valence-electron chi connectivity index (χ0n) is 17.7. The van der Waals surface area contributed by atoms with Crippen LogP contribution in [0.15, 0.2) is 65.8 Å². The molecule has 158 valence electrons. The highest BCUT2D eigenvalue weighted by Crippen LogP contribution is 2.25. The van der Waals surface area contributed by atoms with Gasteiger partial charge in [0.2, 0.25) is 0 Å². The fourth-order valence-electron chi connectivity index (χ4n) is 3.64. The van der Waals surface area contributed by atoms with Gasteiger partial charge in [0.05, 0.1) is 5.75 Å². The third-order valence-electron chi connectivity index (χ3n) is 5.30. The van der Waals surface area contributed by atoms with E-state index in [9.17, 15) is 4.79 Å². The molecule has 31 heavy (non-hydrogen) atoms. The lowest BCUT2D eigenvalue weighted by Gasteiger charge is -2.11. The number of aryl methyl sites for hydroxylation is 2. The number of ketones is 1. The molecule has 0 aliphatic rings. The Bertz CT molecular complexity index is 1230. The van der Waals surface area contributed by atoms with E-state index in [0.717, 1.165) is 39.0 Å². The molecule has 0 bridgehead atoms. The molecule has 2 heterocycles. The molecular formula is C24H23ClN4OS. The van der Waals surface area contributed by atoms with Crippen molar-refractivity contribution in [2.24, 2.45) is 0 Å². The van der Waals surface area contributed by atoms with Crippen LogP contribution in [0.4, 0.5) is 0 Å². The SMILES string of the molecule is Cc1cc(C(=O)CSc2nnc(C)n2-c2ccccc2)c(C)n1Cc1ccccc1Cl. The Balaban J connectivity index is 1.53. The summed E-state index contributed by atoms with van der Waals surface area (Å²) in [5, 5.41) is 9.91. The summed E-state index contributed by atoms with van der Waals surface area (Å²) < 4.78 is 4.11. The second-order valence-electron chi connectivity index (χ2n) is 7.37. The highest BCUT2D eigenvalue weighted by atomic mass is 35.5. The maximum Gasteiger partial charge on any atom is 0.196 e. The number of halogens is 1. The number of benzene rings is 2. The number of thioether (sulfide) groups is 1. The monoisotopic (exact) mass is 450 g/mol. The summed E-state index contributed by atoms with van der Waals surface area (Å²) in [6.45, 7) is 6.55. The van der Waals surface area contributed by atoms with Gasteiger partial charge in [0.15, 0.2) is 10.9 Å². The van der Waals surface area contributed by atoms with Crippen molar-refractivity contribution in [3.05, 3.63) is 94.0 Å². The Morgan fingerprint density at radius 1 is 1.00 bits per heavy atom. The number of aromatic nitrogens is 4. The Morgan fingerprint density at radius 3 is 2.45 bits per heavy atom. The number of carbonyl (C=O) groups excluding carboxylic acids is 1. The molecule has 0 saturated heterocycles.